The van der Waals surface area contributed by atoms with E-state index in [9.17, 15) is 4.79 Å². The summed E-state index contributed by atoms with van der Waals surface area (Å²) in [7, 11) is 1.38. The molecule has 1 N–H and O–H groups in total. The van der Waals surface area contributed by atoms with Gasteiger partial charge in [0.2, 0.25) is 0 Å². The van der Waals surface area contributed by atoms with E-state index in [1.165, 1.54) is 7.11 Å². The molecule has 0 spiro atoms. The number of hydrogen-bond donors (Lipinski definition) is 1. The highest BCUT2D eigenvalue weighted by molar-refractivity contribution is 5.88. The highest BCUT2D eigenvalue weighted by Gasteiger charge is 2.28. The fourth-order valence-electron chi connectivity index (χ4n) is 2.69. The van der Waals surface area contributed by atoms with Crippen LogP contribution in [0, 0.1) is 0 Å². The Morgan fingerprint density at radius 1 is 1.43 bits per heavy atom. The average Bonchev–Trinajstić information content (AvgIpc) is 2.95. The Bertz CT molecular complexity index is 455. The first-order valence-electron chi connectivity index (χ1n) is 7.58. The predicted octanol–water partition coefficient (Wildman–Crippen LogP) is 0.958. The minimum absolute atomic E-state index is 0.308. The molecule has 21 heavy (non-hydrogen) atoms. The van der Waals surface area contributed by atoms with E-state index in [-0.39, 0.29) is 0 Å². The molecule has 2 heterocycles. The van der Waals surface area contributed by atoms with Gasteiger partial charge in [-0.2, -0.15) is 0 Å². The van der Waals surface area contributed by atoms with Crippen LogP contribution in [0.2, 0.25) is 0 Å². The smallest absolute Gasteiger partial charge is 0.360 e. The molecule has 7 heteroatoms. The summed E-state index contributed by atoms with van der Waals surface area (Å²) >= 11 is 0. The van der Waals surface area contributed by atoms with Crippen molar-refractivity contribution in [1.29, 1.82) is 0 Å². The Morgan fingerprint density at radius 3 is 2.86 bits per heavy atom. The highest BCUT2D eigenvalue weighted by atomic mass is 16.5. The Hall–Kier alpha value is -1.47. The number of rotatable bonds is 7. The molecule has 1 aliphatic rings. The third-order valence-corrected chi connectivity index (χ3v) is 3.74. The van der Waals surface area contributed by atoms with Gasteiger partial charge in [0.25, 0.3) is 0 Å². The van der Waals surface area contributed by atoms with Crippen molar-refractivity contribution >= 4 is 5.97 Å². The number of nitrogens with one attached hydrogen (secondary N) is 1. The lowest BCUT2D eigenvalue weighted by Gasteiger charge is -2.23. The van der Waals surface area contributed by atoms with E-state index in [4.69, 9.17) is 9.47 Å². The van der Waals surface area contributed by atoms with Crippen LogP contribution in [0.15, 0.2) is 0 Å². The SMILES string of the molecule is CCOCCCn1nnc(C(=O)OC)c1C1CCNCC1. The lowest BCUT2D eigenvalue weighted by atomic mass is 9.93. The van der Waals surface area contributed by atoms with Gasteiger partial charge in [0.05, 0.1) is 12.8 Å². The quantitative estimate of drug-likeness (QED) is 0.596. The van der Waals surface area contributed by atoms with Crippen LogP contribution in [0.5, 0.6) is 0 Å². The fourth-order valence-corrected chi connectivity index (χ4v) is 2.69. The number of ether oxygens (including phenoxy) is 2. The standard InChI is InChI=1S/C14H24N4O3/c1-3-21-10-4-9-18-13(11-5-7-15-8-6-11)12(16-17-18)14(19)20-2/h11,15H,3-10H2,1-2H3. The van der Waals surface area contributed by atoms with E-state index in [2.05, 4.69) is 15.6 Å². The average molecular weight is 296 g/mol. The second-order valence-corrected chi connectivity index (χ2v) is 5.11. The molecular weight excluding hydrogens is 272 g/mol. The molecule has 1 fully saturated rings. The van der Waals surface area contributed by atoms with Crippen molar-refractivity contribution in [2.45, 2.75) is 38.6 Å². The van der Waals surface area contributed by atoms with Gasteiger partial charge in [-0.15, -0.1) is 5.10 Å². The molecule has 2 rings (SSSR count). The predicted molar refractivity (Wildman–Crippen MR) is 77.3 cm³/mol. The number of aromatic nitrogens is 3. The van der Waals surface area contributed by atoms with E-state index in [0.717, 1.165) is 38.0 Å². The number of hydrogen-bond acceptors (Lipinski definition) is 6. The number of methoxy groups -OCH3 is 1. The van der Waals surface area contributed by atoms with Gasteiger partial charge in [-0.3, -0.25) is 0 Å². The zero-order valence-electron chi connectivity index (χ0n) is 12.8. The van der Waals surface area contributed by atoms with E-state index in [1.807, 2.05) is 11.6 Å². The number of esters is 1. The minimum atomic E-state index is -0.403. The van der Waals surface area contributed by atoms with Gasteiger partial charge in [-0.1, -0.05) is 5.21 Å². The summed E-state index contributed by atoms with van der Waals surface area (Å²) in [6.45, 7) is 6.00. The second kappa shape index (κ2) is 8.09. The molecule has 0 radical (unpaired) electrons. The molecule has 0 aromatic carbocycles. The summed E-state index contributed by atoms with van der Waals surface area (Å²) in [6.07, 6.45) is 2.83. The largest absolute Gasteiger partial charge is 0.464 e. The van der Waals surface area contributed by atoms with Gasteiger partial charge in [0.1, 0.15) is 0 Å². The van der Waals surface area contributed by atoms with Crippen LogP contribution in [0.25, 0.3) is 0 Å². The number of carbonyl (C=O) groups excluding carboxylic acids is 1. The van der Waals surface area contributed by atoms with Crippen LogP contribution >= 0.6 is 0 Å². The second-order valence-electron chi connectivity index (χ2n) is 5.11. The highest BCUT2D eigenvalue weighted by Crippen LogP contribution is 2.27. The molecule has 0 amide bonds. The van der Waals surface area contributed by atoms with Gasteiger partial charge in [-0.05, 0) is 39.3 Å². The number of nitrogens with zero attached hydrogens (tertiary/aromatic N) is 3. The topological polar surface area (TPSA) is 78.3 Å². The Morgan fingerprint density at radius 2 is 2.19 bits per heavy atom. The molecule has 1 aliphatic heterocycles. The molecule has 0 aliphatic carbocycles. The molecule has 1 aromatic heterocycles. The molecule has 7 nitrogen and oxygen atoms in total. The maximum atomic E-state index is 11.9. The van der Waals surface area contributed by atoms with Crippen molar-refractivity contribution in [2.24, 2.45) is 0 Å². The normalized spacial score (nSPS) is 16.1. The number of carbonyl (C=O) groups is 1. The molecule has 0 atom stereocenters. The van der Waals surface area contributed by atoms with Crippen molar-refractivity contribution in [3.63, 3.8) is 0 Å². The maximum absolute atomic E-state index is 11.9. The van der Waals surface area contributed by atoms with Crippen molar-refractivity contribution in [2.75, 3.05) is 33.4 Å². The monoisotopic (exact) mass is 296 g/mol. The van der Waals surface area contributed by atoms with Gasteiger partial charge in [0, 0.05) is 25.7 Å². The molecule has 1 saturated heterocycles. The molecule has 1 aromatic rings. The molecule has 0 saturated carbocycles. The van der Waals surface area contributed by atoms with Crippen LogP contribution in [-0.4, -0.2) is 54.4 Å². The van der Waals surface area contributed by atoms with Crippen molar-refractivity contribution in [3.05, 3.63) is 11.4 Å². The van der Waals surface area contributed by atoms with Crippen molar-refractivity contribution < 1.29 is 14.3 Å². The fraction of sp³-hybridized carbons (Fsp3) is 0.786. The van der Waals surface area contributed by atoms with E-state index < -0.39 is 5.97 Å². The summed E-state index contributed by atoms with van der Waals surface area (Å²) in [5.41, 5.74) is 1.28. The van der Waals surface area contributed by atoms with Crippen LogP contribution in [0.4, 0.5) is 0 Å². The first kappa shape index (κ1) is 15.9. The zero-order valence-corrected chi connectivity index (χ0v) is 12.8. The zero-order chi connectivity index (χ0) is 15.1. The lowest BCUT2D eigenvalue weighted by Crippen LogP contribution is -2.29. The Balaban J connectivity index is 2.14. The van der Waals surface area contributed by atoms with Crippen molar-refractivity contribution in [1.82, 2.24) is 20.3 Å². The minimum Gasteiger partial charge on any atom is -0.464 e. The first-order valence-corrected chi connectivity index (χ1v) is 7.58. The van der Waals surface area contributed by atoms with Gasteiger partial charge < -0.3 is 14.8 Å². The summed E-state index contributed by atoms with van der Waals surface area (Å²) in [5, 5.41) is 11.5. The summed E-state index contributed by atoms with van der Waals surface area (Å²) in [6, 6.07) is 0. The van der Waals surface area contributed by atoms with Crippen LogP contribution in [0.3, 0.4) is 0 Å². The summed E-state index contributed by atoms with van der Waals surface area (Å²) in [5.74, 6) is -0.0953. The first-order chi connectivity index (χ1) is 10.3. The van der Waals surface area contributed by atoms with Gasteiger partial charge >= 0.3 is 5.97 Å². The van der Waals surface area contributed by atoms with Crippen molar-refractivity contribution in [3.8, 4) is 0 Å². The molecule has 0 unspecified atom stereocenters. The molecule has 0 bridgehead atoms. The Labute approximate surface area is 125 Å². The number of aryl methyl sites for hydroxylation is 1. The summed E-state index contributed by atoms with van der Waals surface area (Å²) < 4.78 is 12.0. The third-order valence-electron chi connectivity index (χ3n) is 3.74. The van der Waals surface area contributed by atoms with Crippen LogP contribution < -0.4 is 5.32 Å². The molecular formula is C14H24N4O3. The lowest BCUT2D eigenvalue weighted by molar-refractivity contribution is 0.0591. The summed E-state index contributed by atoms with van der Waals surface area (Å²) in [4.78, 5) is 11.9. The Kier molecular flexibility index (Phi) is 6.13. The maximum Gasteiger partial charge on any atom is 0.360 e. The third kappa shape index (κ3) is 4.01. The van der Waals surface area contributed by atoms with E-state index in [1.54, 1.807) is 0 Å². The van der Waals surface area contributed by atoms with Gasteiger partial charge in [-0.25, -0.2) is 9.48 Å². The number of piperidine rings is 1. The van der Waals surface area contributed by atoms with Crippen LogP contribution in [-0.2, 0) is 16.0 Å². The van der Waals surface area contributed by atoms with Crippen LogP contribution in [0.1, 0.15) is 48.3 Å². The van der Waals surface area contributed by atoms with E-state index >= 15 is 0 Å². The van der Waals surface area contributed by atoms with Gasteiger partial charge in [0.15, 0.2) is 5.69 Å². The van der Waals surface area contributed by atoms with E-state index in [0.29, 0.717) is 31.4 Å². The molecule has 118 valence electrons.